The van der Waals surface area contributed by atoms with Gasteiger partial charge in [-0.25, -0.2) is 23.4 Å². The van der Waals surface area contributed by atoms with Gasteiger partial charge in [-0.15, -0.1) is 16.4 Å². The van der Waals surface area contributed by atoms with Gasteiger partial charge in [-0.05, 0) is 67.8 Å². The van der Waals surface area contributed by atoms with Gasteiger partial charge in [0.05, 0.1) is 5.69 Å². The minimum atomic E-state index is -0.358. The van der Waals surface area contributed by atoms with Crippen molar-refractivity contribution in [2.24, 2.45) is 0 Å². The van der Waals surface area contributed by atoms with Crippen molar-refractivity contribution in [3.8, 4) is 22.8 Å². The maximum absolute atomic E-state index is 13.6. The van der Waals surface area contributed by atoms with Gasteiger partial charge < -0.3 is 9.80 Å². The molecule has 196 valence electrons. The van der Waals surface area contributed by atoms with Gasteiger partial charge in [0.15, 0.2) is 16.8 Å². The Labute approximate surface area is 223 Å². The average molecular weight is 535 g/mol. The highest BCUT2D eigenvalue weighted by molar-refractivity contribution is 7.15. The lowest BCUT2D eigenvalue weighted by atomic mass is 10.1. The molecule has 0 saturated carbocycles. The highest BCUT2D eigenvalue weighted by Gasteiger charge is 2.25. The molecular weight excluding hydrogens is 506 g/mol. The van der Waals surface area contributed by atoms with E-state index in [9.17, 15) is 13.6 Å². The Morgan fingerprint density at radius 2 is 1.47 bits per heavy atom. The van der Waals surface area contributed by atoms with Gasteiger partial charge in [0.1, 0.15) is 18.2 Å². The van der Waals surface area contributed by atoms with Crippen LogP contribution in [0.3, 0.4) is 0 Å². The summed E-state index contributed by atoms with van der Waals surface area (Å²) in [5, 5.41) is 5.71. The van der Waals surface area contributed by atoms with Crippen molar-refractivity contribution in [2.45, 2.75) is 38.6 Å². The number of aromatic nitrogens is 4. The standard InChI is InChI=1S/C28H28F2N6OS/c29-21-8-4-19(5-9-21)26-32-27(20-6-10-22(30)11-7-20)36(33-26)18-25(37)34-16-12-23-24(13-17-34)38-28(31-23)35-14-2-1-3-15-35/h4-11H,1-3,12-18H2. The zero-order valence-electron chi connectivity index (χ0n) is 20.9. The van der Waals surface area contributed by atoms with Crippen molar-refractivity contribution >= 4 is 22.4 Å². The van der Waals surface area contributed by atoms with Crippen LogP contribution in [-0.4, -0.2) is 56.7 Å². The van der Waals surface area contributed by atoms with Crippen molar-refractivity contribution in [2.75, 3.05) is 31.1 Å². The molecule has 2 aliphatic rings. The largest absolute Gasteiger partial charge is 0.348 e. The molecule has 6 rings (SSSR count). The van der Waals surface area contributed by atoms with Gasteiger partial charge in [-0.3, -0.25) is 4.79 Å². The van der Waals surface area contributed by atoms with Crippen LogP contribution >= 0.6 is 11.3 Å². The Morgan fingerprint density at radius 3 is 2.18 bits per heavy atom. The summed E-state index contributed by atoms with van der Waals surface area (Å²) in [4.78, 5) is 28.5. The van der Waals surface area contributed by atoms with Gasteiger partial charge in [-0.1, -0.05) is 0 Å². The fourth-order valence-electron chi connectivity index (χ4n) is 5.03. The normalized spacial score (nSPS) is 15.8. The topological polar surface area (TPSA) is 67.2 Å². The zero-order chi connectivity index (χ0) is 26.1. The first-order valence-electron chi connectivity index (χ1n) is 13.0. The van der Waals surface area contributed by atoms with Crippen LogP contribution in [0.15, 0.2) is 48.5 Å². The number of carbonyl (C=O) groups excluding carboxylic acids is 1. The third kappa shape index (κ3) is 5.18. The molecule has 0 bridgehead atoms. The van der Waals surface area contributed by atoms with Crippen molar-refractivity contribution in [1.29, 1.82) is 0 Å². The number of carbonyl (C=O) groups is 1. The fourth-order valence-corrected chi connectivity index (χ4v) is 6.18. The molecular formula is C28H28F2N6OS. The molecule has 10 heteroatoms. The van der Waals surface area contributed by atoms with Gasteiger partial charge in [0.2, 0.25) is 5.91 Å². The number of benzene rings is 2. The monoisotopic (exact) mass is 534 g/mol. The maximum atomic E-state index is 13.6. The lowest BCUT2D eigenvalue weighted by Crippen LogP contribution is -2.36. The molecule has 7 nitrogen and oxygen atoms in total. The van der Waals surface area contributed by atoms with E-state index in [1.54, 1.807) is 40.3 Å². The molecule has 0 N–H and O–H groups in total. The van der Waals surface area contributed by atoms with E-state index in [1.165, 1.54) is 48.4 Å². The molecule has 2 aromatic heterocycles. The molecule has 4 aromatic rings. The van der Waals surface area contributed by atoms with E-state index in [0.29, 0.717) is 35.9 Å². The van der Waals surface area contributed by atoms with E-state index in [2.05, 4.69) is 15.0 Å². The van der Waals surface area contributed by atoms with Crippen LogP contribution in [0.1, 0.15) is 29.8 Å². The van der Waals surface area contributed by atoms with Crippen LogP contribution in [0, 0.1) is 11.6 Å². The summed E-state index contributed by atoms with van der Waals surface area (Å²) in [6.07, 6.45) is 5.25. The Bertz CT molecular complexity index is 1400. The third-order valence-electron chi connectivity index (χ3n) is 7.14. The van der Waals surface area contributed by atoms with Crippen LogP contribution in [0.25, 0.3) is 22.8 Å². The lowest BCUT2D eigenvalue weighted by Gasteiger charge is -2.26. The number of rotatable bonds is 5. The zero-order valence-corrected chi connectivity index (χ0v) is 21.8. The number of fused-ring (bicyclic) bond motifs is 1. The van der Waals surface area contributed by atoms with Crippen LogP contribution in [-0.2, 0) is 24.2 Å². The summed E-state index contributed by atoms with van der Waals surface area (Å²) in [7, 11) is 0. The molecule has 1 saturated heterocycles. The molecule has 38 heavy (non-hydrogen) atoms. The molecule has 1 fully saturated rings. The maximum Gasteiger partial charge on any atom is 0.244 e. The molecule has 0 spiro atoms. The Balaban J connectivity index is 1.20. The summed E-state index contributed by atoms with van der Waals surface area (Å²) < 4.78 is 28.6. The third-order valence-corrected chi connectivity index (χ3v) is 8.35. The van der Waals surface area contributed by atoms with Crippen molar-refractivity contribution in [3.63, 3.8) is 0 Å². The number of nitrogens with zero attached hydrogens (tertiary/aromatic N) is 6. The van der Waals surface area contributed by atoms with Gasteiger partial charge in [0.25, 0.3) is 0 Å². The van der Waals surface area contributed by atoms with E-state index in [4.69, 9.17) is 4.98 Å². The molecule has 2 aromatic carbocycles. The highest BCUT2D eigenvalue weighted by atomic mass is 32.1. The quantitative estimate of drug-likeness (QED) is 0.362. The Kier molecular flexibility index (Phi) is 6.88. The number of amides is 1. The minimum absolute atomic E-state index is 0.00100. The predicted octanol–water partition coefficient (Wildman–Crippen LogP) is 4.96. The first-order chi connectivity index (χ1) is 18.5. The fraction of sp³-hybridized carbons (Fsp3) is 0.357. The van der Waals surface area contributed by atoms with Crippen molar-refractivity contribution in [1.82, 2.24) is 24.6 Å². The van der Waals surface area contributed by atoms with Gasteiger partial charge in [0, 0.05) is 55.0 Å². The van der Waals surface area contributed by atoms with E-state index in [1.807, 2.05) is 4.90 Å². The molecule has 2 aliphatic heterocycles. The molecule has 4 heterocycles. The summed E-state index contributed by atoms with van der Waals surface area (Å²) in [5.41, 5.74) is 2.39. The van der Waals surface area contributed by atoms with E-state index < -0.39 is 0 Å². The SMILES string of the molecule is O=C(Cn1nc(-c2ccc(F)cc2)nc1-c1ccc(F)cc1)N1CCc2nc(N3CCCCC3)sc2CC1. The molecule has 0 atom stereocenters. The van der Waals surface area contributed by atoms with Crippen molar-refractivity contribution in [3.05, 3.63) is 70.7 Å². The summed E-state index contributed by atoms with van der Waals surface area (Å²) in [6.45, 7) is 3.37. The van der Waals surface area contributed by atoms with E-state index in [0.717, 1.165) is 36.8 Å². The first kappa shape index (κ1) is 24.7. The van der Waals surface area contributed by atoms with Crippen LogP contribution in [0.2, 0.25) is 0 Å². The van der Waals surface area contributed by atoms with Crippen LogP contribution < -0.4 is 4.90 Å². The van der Waals surface area contributed by atoms with E-state index >= 15 is 0 Å². The van der Waals surface area contributed by atoms with Crippen molar-refractivity contribution < 1.29 is 13.6 Å². The number of hydrogen-bond donors (Lipinski definition) is 0. The van der Waals surface area contributed by atoms with Crippen LogP contribution in [0.5, 0.6) is 0 Å². The number of piperidine rings is 1. The number of halogens is 2. The predicted molar refractivity (Wildman–Crippen MR) is 143 cm³/mol. The second-order valence-electron chi connectivity index (χ2n) is 9.73. The molecule has 0 unspecified atom stereocenters. The average Bonchev–Trinajstić information content (AvgIpc) is 3.49. The van der Waals surface area contributed by atoms with Crippen LogP contribution in [0.4, 0.5) is 13.9 Å². The summed E-state index contributed by atoms with van der Waals surface area (Å²) in [6, 6.07) is 11.8. The molecule has 1 amide bonds. The van der Waals surface area contributed by atoms with Gasteiger partial charge >= 0.3 is 0 Å². The Morgan fingerprint density at radius 1 is 0.816 bits per heavy atom. The number of thiazole rings is 1. The first-order valence-corrected chi connectivity index (χ1v) is 13.8. The highest BCUT2D eigenvalue weighted by Crippen LogP contribution is 2.31. The lowest BCUT2D eigenvalue weighted by molar-refractivity contribution is -0.131. The molecule has 0 aliphatic carbocycles. The van der Waals surface area contributed by atoms with E-state index in [-0.39, 0.29) is 24.1 Å². The minimum Gasteiger partial charge on any atom is -0.348 e. The smallest absolute Gasteiger partial charge is 0.244 e. The summed E-state index contributed by atoms with van der Waals surface area (Å²) in [5.74, 6) is 0.0671. The Hall–Kier alpha value is -3.66. The number of hydrogen-bond acceptors (Lipinski definition) is 6. The number of anilines is 1. The molecule has 0 radical (unpaired) electrons. The van der Waals surface area contributed by atoms with Gasteiger partial charge in [-0.2, -0.15) is 0 Å². The second-order valence-corrected chi connectivity index (χ2v) is 10.8. The summed E-state index contributed by atoms with van der Waals surface area (Å²) >= 11 is 1.77. The second kappa shape index (κ2) is 10.6.